The van der Waals surface area contributed by atoms with Crippen LogP contribution in [0, 0.1) is 0 Å². The van der Waals surface area contributed by atoms with Crippen molar-refractivity contribution in [1.82, 2.24) is 29.6 Å². The van der Waals surface area contributed by atoms with Crippen molar-refractivity contribution in [2.75, 3.05) is 12.3 Å². The summed E-state index contributed by atoms with van der Waals surface area (Å²) in [6.45, 7) is 13.8. The third-order valence-corrected chi connectivity index (χ3v) is 7.35. The molecule has 3 heterocycles. The van der Waals surface area contributed by atoms with Crippen LogP contribution >= 0.6 is 0 Å². The van der Waals surface area contributed by atoms with Crippen LogP contribution in [0.4, 0.5) is 5.69 Å². The molecule has 3 N–H and O–H groups in total. The number of carbonyl (C=O) groups is 1. The number of nitrogen functional groups attached to an aromatic ring is 1. The van der Waals surface area contributed by atoms with Gasteiger partial charge in [0.2, 0.25) is 0 Å². The van der Waals surface area contributed by atoms with Crippen molar-refractivity contribution in [2.45, 2.75) is 58.7 Å². The molecule has 9 nitrogen and oxygen atoms in total. The number of ether oxygens (including phenoxy) is 1. The lowest BCUT2D eigenvalue weighted by atomic mass is 10.1. The molecule has 0 aliphatic rings. The number of rotatable bonds is 7. The number of aryl methyl sites for hydroxylation is 1. The summed E-state index contributed by atoms with van der Waals surface area (Å²) >= 11 is 0. The minimum absolute atomic E-state index is 0.204. The van der Waals surface area contributed by atoms with E-state index < -0.39 is 8.07 Å². The van der Waals surface area contributed by atoms with E-state index in [2.05, 4.69) is 30.1 Å². The van der Waals surface area contributed by atoms with E-state index in [1.165, 1.54) is 0 Å². The van der Waals surface area contributed by atoms with Gasteiger partial charge < -0.3 is 20.4 Å². The predicted octanol–water partition coefficient (Wildman–Crippen LogP) is 4.41. The molecule has 4 aromatic rings. The largest absolute Gasteiger partial charge is 0.399 e. The van der Waals surface area contributed by atoms with Gasteiger partial charge in [-0.25, -0.2) is 9.97 Å². The molecular formula is C25H35N7O2Si. The maximum Gasteiger partial charge on any atom is 0.255 e. The highest BCUT2D eigenvalue weighted by atomic mass is 28.3. The zero-order valence-electron chi connectivity index (χ0n) is 21.6. The zero-order chi connectivity index (χ0) is 25.5. The number of benzene rings is 1. The highest BCUT2D eigenvalue weighted by Crippen LogP contribution is 2.29. The van der Waals surface area contributed by atoms with Gasteiger partial charge in [-0.3, -0.25) is 9.48 Å². The van der Waals surface area contributed by atoms with Crippen LogP contribution in [0.25, 0.3) is 33.5 Å². The van der Waals surface area contributed by atoms with E-state index in [0.717, 1.165) is 16.9 Å². The van der Waals surface area contributed by atoms with Gasteiger partial charge in [-0.15, -0.1) is 0 Å². The summed E-state index contributed by atoms with van der Waals surface area (Å²) in [5.41, 5.74) is 10.1. The number of aromatic nitrogens is 5. The molecule has 3 aromatic heterocycles. The van der Waals surface area contributed by atoms with Gasteiger partial charge in [0.15, 0.2) is 5.65 Å². The number of hydrogen-bond acceptors (Lipinski definition) is 6. The van der Waals surface area contributed by atoms with Crippen LogP contribution in [0.15, 0.2) is 30.6 Å². The van der Waals surface area contributed by atoms with Crippen molar-refractivity contribution in [3.05, 3.63) is 36.2 Å². The summed E-state index contributed by atoms with van der Waals surface area (Å²) in [6, 6.07) is 6.73. The van der Waals surface area contributed by atoms with Crippen molar-refractivity contribution in [1.29, 1.82) is 0 Å². The van der Waals surface area contributed by atoms with Crippen LogP contribution in [-0.2, 0) is 18.5 Å². The monoisotopic (exact) mass is 493 g/mol. The molecule has 1 amide bonds. The maximum absolute atomic E-state index is 13.2. The summed E-state index contributed by atoms with van der Waals surface area (Å²) in [6.07, 6.45) is 3.47. The van der Waals surface area contributed by atoms with Gasteiger partial charge in [-0.2, -0.15) is 5.10 Å². The lowest BCUT2D eigenvalue weighted by Crippen LogP contribution is -2.40. The molecule has 4 rings (SSSR count). The van der Waals surface area contributed by atoms with E-state index in [1.54, 1.807) is 17.1 Å². The van der Waals surface area contributed by atoms with Crippen molar-refractivity contribution in [3.63, 3.8) is 0 Å². The Hall–Kier alpha value is -3.24. The highest BCUT2D eigenvalue weighted by molar-refractivity contribution is 6.76. The van der Waals surface area contributed by atoms with E-state index in [-0.39, 0.29) is 11.4 Å². The minimum atomic E-state index is -1.20. The van der Waals surface area contributed by atoms with E-state index in [4.69, 9.17) is 20.4 Å². The lowest BCUT2D eigenvalue weighted by molar-refractivity contribution is 0.0886. The van der Waals surface area contributed by atoms with Crippen molar-refractivity contribution in [2.24, 2.45) is 7.05 Å². The number of fused-ring (bicyclic) bond motifs is 2. The Morgan fingerprint density at radius 1 is 1.23 bits per heavy atom. The lowest BCUT2D eigenvalue weighted by Gasteiger charge is -2.20. The molecule has 10 heteroatoms. The topological polar surface area (TPSA) is 113 Å². The van der Waals surface area contributed by atoms with Gasteiger partial charge in [0.1, 0.15) is 23.6 Å². The van der Waals surface area contributed by atoms with Gasteiger partial charge in [-0.05, 0) is 45.0 Å². The first kappa shape index (κ1) is 24.9. The first-order chi connectivity index (χ1) is 16.3. The van der Waals surface area contributed by atoms with Crippen molar-refractivity contribution < 1.29 is 9.53 Å². The van der Waals surface area contributed by atoms with Crippen LogP contribution < -0.4 is 11.1 Å². The molecule has 35 heavy (non-hydrogen) atoms. The van der Waals surface area contributed by atoms with Crippen LogP contribution in [0.3, 0.4) is 0 Å². The van der Waals surface area contributed by atoms with Crippen LogP contribution in [0.2, 0.25) is 25.7 Å². The fourth-order valence-corrected chi connectivity index (χ4v) is 4.61. The Balaban J connectivity index is 1.77. The standard InChI is InChI=1S/C25H35N7O2Si/c1-25(2,3)29-24(33)18-14-32(15-34-10-11-35(5,6)7)23-22(18)28-19(13-27-23)21-17-12-16(26)8-9-20(17)31(4)30-21/h8-9,12-14H,10-11,15,26H2,1-7H3,(H,29,33). The fraction of sp³-hybridized carbons (Fsp3) is 0.440. The third-order valence-electron chi connectivity index (χ3n) is 5.64. The molecule has 0 saturated heterocycles. The second-order valence-electron chi connectivity index (χ2n) is 11.2. The normalized spacial score (nSPS) is 12.5. The predicted molar refractivity (Wildman–Crippen MR) is 143 cm³/mol. The minimum Gasteiger partial charge on any atom is -0.399 e. The third kappa shape index (κ3) is 5.54. The molecule has 0 unspecified atom stereocenters. The molecule has 0 atom stereocenters. The Kier molecular flexibility index (Phi) is 6.45. The Morgan fingerprint density at radius 2 is 1.97 bits per heavy atom. The van der Waals surface area contributed by atoms with Crippen molar-refractivity contribution in [3.8, 4) is 11.4 Å². The highest BCUT2D eigenvalue weighted by Gasteiger charge is 2.23. The zero-order valence-corrected chi connectivity index (χ0v) is 22.6. The molecule has 0 aliphatic heterocycles. The Bertz CT molecular complexity index is 1390. The van der Waals surface area contributed by atoms with E-state index in [9.17, 15) is 4.79 Å². The summed E-state index contributed by atoms with van der Waals surface area (Å²) in [7, 11) is 0.677. The first-order valence-corrected chi connectivity index (χ1v) is 15.5. The second-order valence-corrected chi connectivity index (χ2v) is 16.9. The smallest absolute Gasteiger partial charge is 0.255 e. The molecular weight excluding hydrogens is 458 g/mol. The van der Waals surface area contributed by atoms with Crippen molar-refractivity contribution >= 4 is 41.7 Å². The van der Waals surface area contributed by atoms with E-state index in [1.807, 2.05) is 50.6 Å². The summed E-state index contributed by atoms with van der Waals surface area (Å²) in [5, 5.41) is 8.58. The molecule has 0 bridgehead atoms. The average molecular weight is 494 g/mol. The second kappa shape index (κ2) is 9.08. The quantitative estimate of drug-likeness (QED) is 0.224. The molecule has 186 valence electrons. The summed E-state index contributed by atoms with van der Waals surface area (Å²) in [5.74, 6) is -0.204. The number of carbonyl (C=O) groups excluding carboxylic acids is 1. The van der Waals surface area contributed by atoms with Gasteiger partial charge >= 0.3 is 0 Å². The first-order valence-electron chi connectivity index (χ1n) is 11.8. The number of hydrogen-bond donors (Lipinski definition) is 2. The molecule has 0 fully saturated rings. The fourth-order valence-electron chi connectivity index (χ4n) is 3.85. The Labute approximate surface area is 206 Å². The van der Waals surface area contributed by atoms with Gasteiger partial charge in [0, 0.05) is 44.5 Å². The molecule has 0 radical (unpaired) electrons. The molecule has 0 saturated carbocycles. The van der Waals surface area contributed by atoms with E-state index in [0.29, 0.717) is 47.1 Å². The summed E-state index contributed by atoms with van der Waals surface area (Å²) in [4.78, 5) is 22.8. The van der Waals surface area contributed by atoms with E-state index >= 15 is 0 Å². The number of nitrogens with zero attached hydrogens (tertiary/aromatic N) is 5. The molecule has 0 spiro atoms. The maximum atomic E-state index is 13.2. The number of amides is 1. The van der Waals surface area contributed by atoms with Gasteiger partial charge in [0.05, 0.1) is 17.3 Å². The number of nitrogens with one attached hydrogen (secondary N) is 1. The molecule has 1 aromatic carbocycles. The SMILES string of the molecule is Cn1nc(-c2cnc3c(n2)c(C(=O)NC(C)(C)C)cn3COCC[Si](C)(C)C)c2cc(N)ccc21. The van der Waals surface area contributed by atoms with Gasteiger partial charge in [-0.1, -0.05) is 19.6 Å². The van der Waals surface area contributed by atoms with Crippen LogP contribution in [0.5, 0.6) is 0 Å². The van der Waals surface area contributed by atoms with Gasteiger partial charge in [0.25, 0.3) is 5.91 Å². The molecule has 0 aliphatic carbocycles. The number of anilines is 1. The Morgan fingerprint density at radius 3 is 2.66 bits per heavy atom. The van der Waals surface area contributed by atoms with Crippen LogP contribution in [-0.4, -0.2) is 50.4 Å². The van der Waals surface area contributed by atoms with Crippen LogP contribution in [0.1, 0.15) is 31.1 Å². The number of nitrogens with two attached hydrogens (primary N) is 1. The summed E-state index contributed by atoms with van der Waals surface area (Å²) < 4.78 is 9.60. The average Bonchev–Trinajstić information content (AvgIpc) is 3.26.